The number of hydrogen-bond acceptors (Lipinski definition) is 5. The Morgan fingerprint density at radius 3 is 2.63 bits per heavy atom. The number of thiophene rings is 1. The van der Waals surface area contributed by atoms with E-state index in [0.717, 1.165) is 31.5 Å². The van der Waals surface area contributed by atoms with Crippen molar-refractivity contribution in [3.63, 3.8) is 0 Å². The molecule has 10 heteroatoms. The minimum atomic E-state index is -2.90. The second kappa shape index (κ2) is 12.1. The molecule has 2 N–H and O–H groups in total. The van der Waals surface area contributed by atoms with Crippen molar-refractivity contribution in [2.24, 2.45) is 4.99 Å². The molecule has 0 bridgehead atoms. The first-order valence-electron chi connectivity index (χ1n) is 9.46. The highest BCUT2D eigenvalue weighted by Gasteiger charge is 2.20. The van der Waals surface area contributed by atoms with Crippen molar-refractivity contribution in [2.45, 2.75) is 32.0 Å². The van der Waals surface area contributed by atoms with Crippen LogP contribution < -0.4 is 25.0 Å². The molecule has 0 amide bonds. The Hall–Kier alpha value is -1.82. The normalized spacial score (nSPS) is 15.0. The number of aliphatic imine (C=N–C) groups is 1. The summed E-state index contributed by atoms with van der Waals surface area (Å²) < 4.78 is 34.8. The number of halogens is 3. The maximum Gasteiger partial charge on any atom is 0.387 e. The molecule has 2 heterocycles. The molecule has 2 aromatic rings. The van der Waals surface area contributed by atoms with Gasteiger partial charge in [0.2, 0.25) is 0 Å². The van der Waals surface area contributed by atoms with Crippen LogP contribution in [0, 0.1) is 0 Å². The molecule has 0 atom stereocenters. The van der Waals surface area contributed by atoms with Crippen molar-refractivity contribution < 1.29 is 18.3 Å². The number of benzene rings is 1. The van der Waals surface area contributed by atoms with Gasteiger partial charge in [-0.2, -0.15) is 8.78 Å². The largest absolute Gasteiger partial charge is 0.493 e. The van der Waals surface area contributed by atoms with E-state index < -0.39 is 6.61 Å². The average molecular weight is 552 g/mol. The lowest BCUT2D eigenvalue weighted by Crippen LogP contribution is -2.48. The van der Waals surface area contributed by atoms with Crippen LogP contribution in [-0.4, -0.2) is 45.9 Å². The summed E-state index contributed by atoms with van der Waals surface area (Å²) in [6.07, 6.45) is 2.04. The molecular formula is C20H27F2IN4O2S. The first-order valence-corrected chi connectivity index (χ1v) is 10.3. The molecule has 1 aromatic heterocycles. The van der Waals surface area contributed by atoms with Crippen LogP contribution in [0.3, 0.4) is 0 Å². The maximum absolute atomic E-state index is 12.6. The van der Waals surface area contributed by atoms with Gasteiger partial charge < -0.3 is 25.0 Å². The van der Waals surface area contributed by atoms with E-state index in [1.165, 1.54) is 12.1 Å². The summed E-state index contributed by atoms with van der Waals surface area (Å²) in [5.41, 5.74) is 0.789. The van der Waals surface area contributed by atoms with Gasteiger partial charge in [-0.15, -0.1) is 35.3 Å². The summed E-state index contributed by atoms with van der Waals surface area (Å²) in [7, 11) is 3.14. The van der Waals surface area contributed by atoms with Gasteiger partial charge in [-0.25, -0.2) is 0 Å². The van der Waals surface area contributed by atoms with E-state index in [1.807, 2.05) is 0 Å². The quantitative estimate of drug-likeness (QED) is 0.305. The Kier molecular flexibility index (Phi) is 9.89. The van der Waals surface area contributed by atoms with Gasteiger partial charge in [0.25, 0.3) is 0 Å². The Balaban J connectivity index is 0.00000320. The molecule has 1 aliphatic heterocycles. The third kappa shape index (κ3) is 6.86. The van der Waals surface area contributed by atoms with E-state index in [0.29, 0.717) is 18.5 Å². The van der Waals surface area contributed by atoms with E-state index in [4.69, 9.17) is 4.74 Å². The fourth-order valence-electron chi connectivity index (χ4n) is 3.29. The number of methoxy groups -OCH3 is 1. The topological polar surface area (TPSA) is 58.1 Å². The van der Waals surface area contributed by atoms with Gasteiger partial charge in [0.05, 0.1) is 12.1 Å². The number of rotatable bonds is 7. The zero-order chi connectivity index (χ0) is 20.6. The summed E-state index contributed by atoms with van der Waals surface area (Å²) in [5, 5.41) is 10.1. The summed E-state index contributed by atoms with van der Waals surface area (Å²) in [4.78, 5) is 6.68. The molecule has 0 aliphatic carbocycles. The molecular weight excluding hydrogens is 525 g/mol. The highest BCUT2D eigenvalue weighted by Crippen LogP contribution is 2.29. The van der Waals surface area contributed by atoms with Crippen LogP contribution in [0.15, 0.2) is 40.7 Å². The molecule has 0 spiro atoms. The van der Waals surface area contributed by atoms with Crippen LogP contribution in [-0.2, 0) is 6.54 Å². The number of hydrogen-bond donors (Lipinski definition) is 2. The Morgan fingerprint density at radius 1 is 1.27 bits per heavy atom. The lowest BCUT2D eigenvalue weighted by atomic mass is 10.1. The number of ether oxygens (including phenoxy) is 2. The van der Waals surface area contributed by atoms with E-state index in [2.05, 4.69) is 42.8 Å². The predicted molar refractivity (Wildman–Crippen MR) is 128 cm³/mol. The van der Waals surface area contributed by atoms with E-state index >= 15 is 0 Å². The Labute approximate surface area is 196 Å². The van der Waals surface area contributed by atoms with E-state index in [-0.39, 0.29) is 35.5 Å². The Bertz CT molecular complexity index is 800. The molecule has 1 aliphatic rings. The summed E-state index contributed by atoms with van der Waals surface area (Å²) in [6.45, 7) is -0.469. The van der Waals surface area contributed by atoms with Crippen LogP contribution in [0.25, 0.3) is 0 Å². The molecule has 1 fully saturated rings. The number of guanidine groups is 1. The fraction of sp³-hybridized carbons (Fsp3) is 0.450. The molecule has 3 rings (SSSR count). The van der Waals surface area contributed by atoms with Crippen molar-refractivity contribution in [3.8, 4) is 11.5 Å². The number of anilines is 1. The fourth-order valence-corrected chi connectivity index (χ4v) is 4.07. The molecule has 1 saturated heterocycles. The summed E-state index contributed by atoms with van der Waals surface area (Å²) in [5.74, 6) is 0.978. The first kappa shape index (κ1) is 24.4. The standard InChI is InChI=1S/C20H26F2N4O2S.HI/c1-23-20(25-15-7-9-26(10-8-15)18-4-3-11-29-18)24-13-14-5-6-16(27-2)17(12-14)28-19(21)22;/h3-6,11-12,15,19H,7-10,13H2,1-2H3,(H2,23,24,25);1H. The van der Waals surface area contributed by atoms with Gasteiger partial charge in [-0.05, 0) is 48.1 Å². The van der Waals surface area contributed by atoms with Crippen molar-refractivity contribution >= 4 is 46.3 Å². The van der Waals surface area contributed by atoms with Crippen LogP contribution in [0.1, 0.15) is 18.4 Å². The van der Waals surface area contributed by atoms with E-state index in [9.17, 15) is 8.78 Å². The monoisotopic (exact) mass is 552 g/mol. The van der Waals surface area contributed by atoms with Gasteiger partial charge >= 0.3 is 6.61 Å². The molecule has 30 heavy (non-hydrogen) atoms. The molecule has 6 nitrogen and oxygen atoms in total. The lowest BCUT2D eigenvalue weighted by Gasteiger charge is -2.33. The van der Waals surface area contributed by atoms with Gasteiger partial charge in [0.1, 0.15) is 0 Å². The van der Waals surface area contributed by atoms with Crippen LogP contribution in [0.4, 0.5) is 13.8 Å². The van der Waals surface area contributed by atoms with E-state index in [1.54, 1.807) is 36.6 Å². The maximum atomic E-state index is 12.6. The summed E-state index contributed by atoms with van der Waals surface area (Å²) in [6, 6.07) is 9.53. The van der Waals surface area contributed by atoms with Crippen molar-refractivity contribution in [1.29, 1.82) is 0 Å². The molecule has 0 unspecified atom stereocenters. The second-order valence-corrected chi connectivity index (χ2v) is 7.57. The number of piperidine rings is 1. The molecule has 0 radical (unpaired) electrons. The third-order valence-electron chi connectivity index (χ3n) is 4.78. The first-order chi connectivity index (χ1) is 14.1. The van der Waals surface area contributed by atoms with Crippen molar-refractivity contribution in [1.82, 2.24) is 10.6 Å². The zero-order valence-corrected chi connectivity index (χ0v) is 20.1. The second-order valence-electron chi connectivity index (χ2n) is 6.65. The van der Waals surface area contributed by atoms with Crippen LogP contribution in [0.5, 0.6) is 11.5 Å². The van der Waals surface area contributed by atoms with Crippen molar-refractivity contribution in [3.05, 3.63) is 41.3 Å². The van der Waals surface area contributed by atoms with Crippen molar-refractivity contribution in [2.75, 3.05) is 32.1 Å². The SMILES string of the molecule is CN=C(NCc1ccc(OC)c(OC(F)F)c1)NC1CCN(c2cccs2)CC1.I. The highest BCUT2D eigenvalue weighted by molar-refractivity contribution is 14.0. The van der Waals surface area contributed by atoms with Gasteiger partial charge in [0, 0.05) is 32.7 Å². The lowest BCUT2D eigenvalue weighted by molar-refractivity contribution is -0.0512. The molecule has 0 saturated carbocycles. The zero-order valence-electron chi connectivity index (χ0n) is 16.9. The van der Waals surface area contributed by atoms with Crippen LogP contribution in [0.2, 0.25) is 0 Å². The van der Waals surface area contributed by atoms with Gasteiger partial charge in [-0.1, -0.05) is 6.07 Å². The van der Waals surface area contributed by atoms with Crippen LogP contribution >= 0.6 is 35.3 Å². The molecule has 1 aromatic carbocycles. The van der Waals surface area contributed by atoms with Gasteiger partial charge in [0.15, 0.2) is 17.5 Å². The number of nitrogens with zero attached hydrogens (tertiary/aromatic N) is 2. The highest BCUT2D eigenvalue weighted by atomic mass is 127. The smallest absolute Gasteiger partial charge is 0.387 e. The number of nitrogens with one attached hydrogen (secondary N) is 2. The predicted octanol–water partition coefficient (Wildman–Crippen LogP) is 4.31. The van der Waals surface area contributed by atoms with Gasteiger partial charge in [-0.3, -0.25) is 4.99 Å². The third-order valence-corrected chi connectivity index (χ3v) is 5.71. The minimum Gasteiger partial charge on any atom is -0.493 e. The number of alkyl halides is 2. The average Bonchev–Trinajstić information content (AvgIpc) is 3.26. The molecule has 166 valence electrons. The minimum absolute atomic E-state index is 0. The summed E-state index contributed by atoms with van der Waals surface area (Å²) >= 11 is 1.77. The Morgan fingerprint density at radius 2 is 2.03 bits per heavy atom.